The van der Waals surface area contributed by atoms with Crippen LogP contribution in [0.5, 0.6) is 0 Å². The minimum Gasteiger partial charge on any atom is -0.462 e. The van der Waals surface area contributed by atoms with E-state index < -0.39 is 5.97 Å². The van der Waals surface area contributed by atoms with Crippen LogP contribution in [0.3, 0.4) is 0 Å². The highest BCUT2D eigenvalue weighted by molar-refractivity contribution is 5.92. The topological polar surface area (TPSA) is 53.3 Å². The summed E-state index contributed by atoms with van der Waals surface area (Å²) in [6.07, 6.45) is 0.752. The van der Waals surface area contributed by atoms with Crippen molar-refractivity contribution in [1.29, 1.82) is 5.26 Å². The number of benzene rings is 2. The second-order valence-corrected chi connectivity index (χ2v) is 7.78. The quantitative estimate of drug-likeness (QED) is 0.672. The molecule has 0 amide bonds. The minimum atomic E-state index is -0.444. The van der Waals surface area contributed by atoms with Crippen LogP contribution in [0, 0.1) is 11.3 Å². The van der Waals surface area contributed by atoms with Gasteiger partial charge in [0, 0.05) is 19.3 Å². The monoisotopic (exact) mass is 364 g/mol. The number of hydrogen-bond acceptors (Lipinski definition) is 4. The molecule has 0 fully saturated rings. The summed E-state index contributed by atoms with van der Waals surface area (Å²) in [4.78, 5) is 14.1. The molecule has 0 saturated carbocycles. The molecule has 4 heteroatoms. The average molecular weight is 364 g/mol. The molecule has 0 aliphatic rings. The van der Waals surface area contributed by atoms with Crippen molar-refractivity contribution in [3.05, 3.63) is 64.7 Å². The summed E-state index contributed by atoms with van der Waals surface area (Å²) in [5, 5.41) is 9.42. The molecule has 0 N–H and O–H groups in total. The van der Waals surface area contributed by atoms with Gasteiger partial charge >= 0.3 is 5.97 Å². The fourth-order valence-corrected chi connectivity index (χ4v) is 2.79. The van der Waals surface area contributed by atoms with Gasteiger partial charge in [0.2, 0.25) is 0 Å². The summed E-state index contributed by atoms with van der Waals surface area (Å²) < 4.78 is 5.15. The van der Waals surface area contributed by atoms with Crippen molar-refractivity contribution in [2.75, 3.05) is 18.6 Å². The summed E-state index contributed by atoms with van der Waals surface area (Å²) in [5.41, 5.74) is 4.17. The lowest BCUT2D eigenvalue weighted by atomic mass is 9.87. The van der Waals surface area contributed by atoms with Gasteiger partial charge in [-0.2, -0.15) is 5.26 Å². The van der Waals surface area contributed by atoms with E-state index in [4.69, 9.17) is 4.74 Å². The van der Waals surface area contributed by atoms with Crippen LogP contribution in [0.4, 0.5) is 5.69 Å². The summed E-state index contributed by atoms with van der Waals surface area (Å²) in [6.45, 7) is 9.61. The number of esters is 1. The van der Waals surface area contributed by atoms with Crippen molar-refractivity contribution < 1.29 is 9.53 Å². The van der Waals surface area contributed by atoms with Crippen LogP contribution in [-0.4, -0.2) is 19.6 Å². The standard InChI is InChI=1S/C23H28N2O2/c1-6-13-27-22(26)21-12-11-20(14-18(21)15-24)25(5)16-17-7-9-19(10-8-17)23(2,3)4/h7-12,14H,6,13,16H2,1-5H3. The first-order valence-electron chi connectivity index (χ1n) is 9.28. The average Bonchev–Trinajstić information content (AvgIpc) is 2.65. The Labute approximate surface area is 162 Å². The number of hydrogen-bond donors (Lipinski definition) is 0. The van der Waals surface area contributed by atoms with Crippen molar-refractivity contribution >= 4 is 11.7 Å². The number of ether oxygens (including phenoxy) is 1. The normalized spacial score (nSPS) is 11.0. The molecule has 0 aromatic heterocycles. The fraction of sp³-hybridized carbons (Fsp3) is 0.391. The first kappa shape index (κ1) is 20.5. The van der Waals surface area contributed by atoms with Crippen LogP contribution in [0.25, 0.3) is 0 Å². The third kappa shape index (κ3) is 5.34. The molecule has 0 radical (unpaired) electrons. The van der Waals surface area contributed by atoms with E-state index in [9.17, 15) is 10.1 Å². The number of nitriles is 1. The lowest BCUT2D eigenvalue weighted by molar-refractivity contribution is 0.0505. The maximum absolute atomic E-state index is 12.1. The largest absolute Gasteiger partial charge is 0.462 e. The van der Waals surface area contributed by atoms with E-state index in [-0.39, 0.29) is 5.41 Å². The highest BCUT2D eigenvalue weighted by Gasteiger charge is 2.15. The van der Waals surface area contributed by atoms with Crippen molar-refractivity contribution in [1.82, 2.24) is 0 Å². The van der Waals surface area contributed by atoms with Gasteiger partial charge in [0.05, 0.1) is 17.7 Å². The van der Waals surface area contributed by atoms with Crippen molar-refractivity contribution in [3.63, 3.8) is 0 Å². The van der Waals surface area contributed by atoms with Crippen LogP contribution >= 0.6 is 0 Å². The Morgan fingerprint density at radius 2 is 1.81 bits per heavy atom. The predicted octanol–water partition coefficient (Wildman–Crippen LogP) is 5.06. The van der Waals surface area contributed by atoms with E-state index in [0.29, 0.717) is 17.7 Å². The Morgan fingerprint density at radius 3 is 2.37 bits per heavy atom. The van der Waals surface area contributed by atoms with Crippen LogP contribution < -0.4 is 4.90 Å². The van der Waals surface area contributed by atoms with Gasteiger partial charge < -0.3 is 9.64 Å². The van der Waals surface area contributed by atoms with Crippen LogP contribution in [0.1, 0.15) is 61.2 Å². The lowest BCUT2D eigenvalue weighted by Gasteiger charge is -2.22. The first-order valence-corrected chi connectivity index (χ1v) is 9.28. The van der Waals surface area contributed by atoms with Crippen molar-refractivity contribution in [3.8, 4) is 6.07 Å². The Hall–Kier alpha value is -2.80. The minimum absolute atomic E-state index is 0.133. The van der Waals surface area contributed by atoms with Gasteiger partial charge in [-0.05, 0) is 41.2 Å². The zero-order valence-corrected chi connectivity index (χ0v) is 16.9. The third-order valence-electron chi connectivity index (χ3n) is 4.46. The molecule has 0 saturated heterocycles. The van der Waals surface area contributed by atoms with Gasteiger partial charge in [-0.3, -0.25) is 0 Å². The van der Waals surface area contributed by atoms with Crippen molar-refractivity contribution in [2.24, 2.45) is 0 Å². The van der Waals surface area contributed by atoms with Gasteiger partial charge in [0.15, 0.2) is 0 Å². The molecule has 0 aliphatic carbocycles. The zero-order valence-electron chi connectivity index (χ0n) is 16.9. The van der Waals surface area contributed by atoms with E-state index >= 15 is 0 Å². The van der Waals surface area contributed by atoms with Crippen LogP contribution in [0.15, 0.2) is 42.5 Å². The summed E-state index contributed by atoms with van der Waals surface area (Å²) in [5.74, 6) is -0.444. The van der Waals surface area contributed by atoms with Gasteiger partial charge in [0.1, 0.15) is 6.07 Å². The Morgan fingerprint density at radius 1 is 1.15 bits per heavy atom. The molecule has 0 spiro atoms. The molecule has 142 valence electrons. The number of carbonyl (C=O) groups is 1. The molecule has 0 atom stereocenters. The molecule has 0 aliphatic heterocycles. The molecule has 0 heterocycles. The molecule has 4 nitrogen and oxygen atoms in total. The van der Waals surface area contributed by atoms with E-state index in [0.717, 1.165) is 18.7 Å². The third-order valence-corrected chi connectivity index (χ3v) is 4.46. The molecule has 27 heavy (non-hydrogen) atoms. The highest BCUT2D eigenvalue weighted by Crippen LogP contribution is 2.24. The van der Waals surface area contributed by atoms with E-state index in [2.05, 4.69) is 56.0 Å². The Balaban J connectivity index is 2.15. The van der Waals surface area contributed by atoms with Gasteiger partial charge in [-0.1, -0.05) is 52.0 Å². The first-order chi connectivity index (χ1) is 12.8. The maximum Gasteiger partial charge on any atom is 0.339 e. The molecular formula is C23H28N2O2. The highest BCUT2D eigenvalue weighted by atomic mass is 16.5. The van der Waals surface area contributed by atoms with E-state index in [1.54, 1.807) is 12.1 Å². The number of anilines is 1. The molecule has 2 aromatic carbocycles. The molecule has 2 aromatic rings. The second-order valence-electron chi connectivity index (χ2n) is 7.78. The Bertz CT molecular complexity index is 827. The lowest BCUT2D eigenvalue weighted by Crippen LogP contribution is -2.18. The van der Waals surface area contributed by atoms with Crippen LogP contribution in [0.2, 0.25) is 0 Å². The summed E-state index contributed by atoms with van der Waals surface area (Å²) in [7, 11) is 1.98. The number of carbonyl (C=O) groups excluding carboxylic acids is 1. The second kappa shape index (κ2) is 8.73. The zero-order chi connectivity index (χ0) is 20.0. The van der Waals surface area contributed by atoms with Gasteiger partial charge in [0.25, 0.3) is 0 Å². The number of nitrogens with zero attached hydrogens (tertiary/aromatic N) is 2. The van der Waals surface area contributed by atoms with E-state index in [1.165, 1.54) is 11.1 Å². The maximum atomic E-state index is 12.1. The number of rotatable bonds is 6. The fourth-order valence-electron chi connectivity index (χ4n) is 2.79. The van der Waals surface area contributed by atoms with Crippen LogP contribution in [-0.2, 0) is 16.7 Å². The molecule has 0 bridgehead atoms. The predicted molar refractivity (Wildman–Crippen MR) is 109 cm³/mol. The molecular weight excluding hydrogens is 336 g/mol. The molecule has 2 rings (SSSR count). The molecule has 0 unspecified atom stereocenters. The van der Waals surface area contributed by atoms with E-state index in [1.807, 2.05) is 20.0 Å². The Kier molecular flexibility index (Phi) is 6.63. The van der Waals surface area contributed by atoms with Gasteiger partial charge in [-0.25, -0.2) is 4.79 Å². The summed E-state index contributed by atoms with van der Waals surface area (Å²) in [6, 6.07) is 16.0. The van der Waals surface area contributed by atoms with Crippen molar-refractivity contribution in [2.45, 2.75) is 46.1 Å². The summed E-state index contributed by atoms with van der Waals surface area (Å²) >= 11 is 0. The van der Waals surface area contributed by atoms with Gasteiger partial charge in [-0.15, -0.1) is 0 Å². The SMILES string of the molecule is CCCOC(=O)c1ccc(N(C)Cc2ccc(C(C)(C)C)cc2)cc1C#N. The smallest absolute Gasteiger partial charge is 0.339 e.